The van der Waals surface area contributed by atoms with Crippen LogP contribution in [0.4, 0.5) is 0 Å². The van der Waals surface area contributed by atoms with Crippen LogP contribution >= 0.6 is 28.5 Å². The summed E-state index contributed by atoms with van der Waals surface area (Å²) in [6.07, 6.45) is 3.93. The van der Waals surface area contributed by atoms with Gasteiger partial charge in [0.25, 0.3) is 0 Å². The molecule has 0 aliphatic heterocycles. The zero-order chi connectivity index (χ0) is 21.5. The standard InChI is InChI=1S/C23H26N4.2BrH.Ni/c1-26(2)13-24-21-19-15-9-5-7-11-17(15)23(19)18-12-8-6-10-16(18)20(23)22(21)25-14-27(3)4;;;/h5-14,19-22H,1-4H3;2*1H;/q;;;+4/p-2/t19?,20?,21-,22-,23?;;;/m1.../s1. The van der Waals surface area contributed by atoms with E-state index in [0.29, 0.717) is 11.8 Å². The second kappa shape index (κ2) is 8.76. The number of benzene rings is 2. The van der Waals surface area contributed by atoms with Crippen molar-refractivity contribution in [2.75, 3.05) is 28.2 Å². The molecule has 0 aromatic heterocycles. The van der Waals surface area contributed by atoms with E-state index in [1.54, 1.807) is 0 Å². The molecule has 4 atom stereocenters. The van der Waals surface area contributed by atoms with E-state index in [-0.39, 0.29) is 17.5 Å². The van der Waals surface area contributed by atoms with Crippen LogP contribution in [0, 0.1) is 0 Å². The Morgan fingerprint density at radius 2 is 1.13 bits per heavy atom. The second-order valence-electron chi connectivity index (χ2n) is 8.48. The molecule has 2 aromatic carbocycles. The van der Waals surface area contributed by atoms with Crippen molar-refractivity contribution in [1.29, 1.82) is 0 Å². The summed E-state index contributed by atoms with van der Waals surface area (Å²) < 4.78 is 0. The summed E-state index contributed by atoms with van der Waals surface area (Å²) in [5.74, 6) is 0.822. The van der Waals surface area contributed by atoms with Crippen LogP contribution in [-0.4, -0.2) is 62.8 Å². The van der Waals surface area contributed by atoms with E-state index in [2.05, 4.69) is 77.0 Å². The van der Waals surface area contributed by atoms with Crippen LogP contribution in [-0.2, 0) is 16.3 Å². The van der Waals surface area contributed by atoms with Gasteiger partial charge >= 0.3 is 39.3 Å². The van der Waals surface area contributed by atoms with Crippen molar-refractivity contribution in [2.24, 2.45) is 9.98 Å². The molecule has 2 unspecified atom stereocenters. The Kier molecular flexibility index (Phi) is 6.44. The summed E-state index contributed by atoms with van der Waals surface area (Å²) in [5, 5.41) is 0. The number of fused-ring (bicyclic) bond motifs is 4. The number of hydrogen-bond acceptors (Lipinski definition) is 2. The normalized spacial score (nSPS) is 29.8. The van der Waals surface area contributed by atoms with Gasteiger partial charge in [-0.1, -0.05) is 48.5 Å². The summed E-state index contributed by atoms with van der Waals surface area (Å²) in [6.45, 7) is 0. The van der Waals surface area contributed by atoms with Crippen LogP contribution in [0.15, 0.2) is 58.5 Å². The molecule has 2 aromatic rings. The van der Waals surface area contributed by atoms with Crippen LogP contribution in [0.2, 0.25) is 0 Å². The molecule has 0 N–H and O–H groups in total. The van der Waals surface area contributed by atoms with Crippen molar-refractivity contribution in [2.45, 2.75) is 29.3 Å². The second-order valence-corrected chi connectivity index (χ2v) is 13.5. The Bertz CT molecular complexity index is 898. The van der Waals surface area contributed by atoms with E-state index in [4.69, 9.17) is 9.98 Å². The van der Waals surface area contributed by atoms with Crippen LogP contribution in [0.5, 0.6) is 0 Å². The molecule has 1 spiro atoms. The van der Waals surface area contributed by atoms with Crippen LogP contribution in [0.25, 0.3) is 0 Å². The van der Waals surface area contributed by atoms with E-state index in [1.807, 2.05) is 50.7 Å². The van der Waals surface area contributed by atoms with Crippen LogP contribution < -0.4 is 0 Å². The molecule has 0 heterocycles. The fourth-order valence-electron chi connectivity index (χ4n) is 5.70. The molecule has 160 valence electrons. The summed E-state index contributed by atoms with van der Waals surface area (Å²) in [6, 6.07) is 18.2. The summed E-state index contributed by atoms with van der Waals surface area (Å²) in [7, 11) is 9.38. The molecular weight excluding hydrogens is 551 g/mol. The maximum absolute atomic E-state index is 5.05. The van der Waals surface area contributed by atoms with Gasteiger partial charge in [-0.05, 0) is 22.3 Å². The van der Waals surface area contributed by atoms with E-state index >= 15 is 0 Å². The van der Waals surface area contributed by atoms with Crippen LogP contribution in [0.1, 0.15) is 34.1 Å². The topological polar surface area (TPSA) is 31.2 Å². The van der Waals surface area contributed by atoms with Crippen LogP contribution in [0.3, 0.4) is 0 Å². The van der Waals surface area contributed by atoms with E-state index in [0.717, 1.165) is 0 Å². The summed E-state index contributed by atoms with van der Waals surface area (Å²) in [4.78, 5) is 14.2. The molecule has 5 rings (SSSR count). The molecular formula is C23H26Br2N4Ni+2. The third-order valence-corrected chi connectivity index (χ3v) is 6.44. The number of aliphatic imine (C=N–C) groups is 2. The van der Waals surface area contributed by atoms with Crippen molar-refractivity contribution in [1.82, 2.24) is 9.80 Å². The predicted octanol–water partition coefficient (Wildman–Crippen LogP) is 4.79. The zero-order valence-electron chi connectivity index (χ0n) is 17.4. The molecule has 1 saturated carbocycles. The van der Waals surface area contributed by atoms with Gasteiger partial charge in [-0.15, -0.1) is 0 Å². The van der Waals surface area contributed by atoms with E-state index in [9.17, 15) is 0 Å². The molecule has 3 aliphatic carbocycles. The maximum atomic E-state index is 5.05. The molecule has 0 radical (unpaired) electrons. The minimum absolute atomic E-state index is 0.0931. The summed E-state index contributed by atoms with van der Waals surface area (Å²) in [5.41, 5.74) is 5.99. The van der Waals surface area contributed by atoms with Gasteiger partial charge in [-0.3, -0.25) is 9.98 Å². The molecule has 0 saturated heterocycles. The first-order valence-corrected chi connectivity index (χ1v) is 14.8. The fraction of sp³-hybridized carbons (Fsp3) is 0.391. The van der Waals surface area contributed by atoms with Gasteiger partial charge in [0.2, 0.25) is 0 Å². The van der Waals surface area contributed by atoms with Crippen molar-refractivity contribution in [3.05, 3.63) is 70.8 Å². The van der Waals surface area contributed by atoms with E-state index < -0.39 is 0 Å². The SMILES string of the molecule is CN(C)C=N[C@@H]1C2c3ccccc3C23c2ccccc2C3[C@H]1N=CN(C)C.[Br][Ni+2][Br]. The number of rotatable bonds is 4. The van der Waals surface area contributed by atoms with Gasteiger partial charge in [0.05, 0.1) is 24.8 Å². The first-order chi connectivity index (χ1) is 14.5. The molecule has 4 nitrogen and oxygen atoms in total. The number of halogens is 2. The third-order valence-electron chi connectivity index (χ3n) is 6.44. The Hall–Kier alpha value is -1.17. The van der Waals surface area contributed by atoms with Gasteiger partial charge in [0, 0.05) is 45.4 Å². The Labute approximate surface area is 199 Å². The van der Waals surface area contributed by atoms with Gasteiger partial charge in [-0.2, -0.15) is 0 Å². The molecule has 1 fully saturated rings. The molecule has 30 heavy (non-hydrogen) atoms. The van der Waals surface area contributed by atoms with Gasteiger partial charge in [0.1, 0.15) is 0 Å². The van der Waals surface area contributed by atoms with Crippen molar-refractivity contribution in [3.8, 4) is 0 Å². The van der Waals surface area contributed by atoms with Gasteiger partial charge in [0.15, 0.2) is 0 Å². The quantitative estimate of drug-likeness (QED) is 0.298. The Balaban J connectivity index is 0.000000687. The first-order valence-electron chi connectivity index (χ1n) is 9.89. The minimum atomic E-state index is 0.0931. The Morgan fingerprint density at radius 3 is 1.50 bits per heavy atom. The third kappa shape index (κ3) is 3.20. The average molecular weight is 577 g/mol. The van der Waals surface area contributed by atoms with E-state index in [1.165, 1.54) is 33.2 Å². The first kappa shape index (κ1) is 22.0. The van der Waals surface area contributed by atoms with Gasteiger partial charge in [-0.25, -0.2) is 0 Å². The zero-order valence-corrected chi connectivity index (χ0v) is 21.6. The molecule has 0 bridgehead atoms. The summed E-state index contributed by atoms with van der Waals surface area (Å²) >= 11 is 6.00. The Morgan fingerprint density at radius 1 is 0.767 bits per heavy atom. The fourth-order valence-corrected chi connectivity index (χ4v) is 5.70. The van der Waals surface area contributed by atoms with Crippen molar-refractivity contribution in [3.63, 3.8) is 0 Å². The average Bonchev–Trinajstić information content (AvgIpc) is 2.90. The molecule has 3 aliphatic rings. The number of nitrogens with zero attached hydrogens (tertiary/aromatic N) is 4. The van der Waals surface area contributed by atoms with Gasteiger partial charge < -0.3 is 9.80 Å². The van der Waals surface area contributed by atoms with Crippen molar-refractivity contribution < 1.29 is 10.9 Å². The predicted molar refractivity (Wildman–Crippen MR) is 129 cm³/mol. The molecule has 0 amide bonds. The number of hydrogen-bond donors (Lipinski definition) is 0. The monoisotopic (exact) mass is 574 g/mol. The molecule has 7 heteroatoms. The van der Waals surface area contributed by atoms with Crippen molar-refractivity contribution >= 4 is 41.1 Å².